The lowest BCUT2D eigenvalue weighted by molar-refractivity contribution is 0.0514. The molecule has 5 nitrogen and oxygen atoms in total. The summed E-state index contributed by atoms with van der Waals surface area (Å²) in [7, 11) is 0. The maximum absolute atomic E-state index is 12.2. The molecule has 2 aromatic rings. The van der Waals surface area contributed by atoms with E-state index < -0.39 is 0 Å². The summed E-state index contributed by atoms with van der Waals surface area (Å²) in [4.78, 5) is 15.3. The Morgan fingerprint density at radius 3 is 2.62 bits per heavy atom. The van der Waals surface area contributed by atoms with E-state index in [2.05, 4.69) is 4.98 Å². The summed E-state index contributed by atoms with van der Waals surface area (Å²) in [6.07, 6.45) is 4.21. The van der Waals surface area contributed by atoms with Crippen LogP contribution in [0.5, 0.6) is 5.75 Å². The fourth-order valence-electron chi connectivity index (χ4n) is 3.40. The Labute approximate surface area is 142 Å². The first-order chi connectivity index (χ1) is 11.7. The van der Waals surface area contributed by atoms with Crippen molar-refractivity contribution in [2.24, 2.45) is 11.8 Å². The van der Waals surface area contributed by atoms with E-state index in [-0.39, 0.29) is 12.6 Å². The maximum atomic E-state index is 12.2. The quantitative estimate of drug-likeness (QED) is 0.795. The molecule has 3 rings (SSSR count). The molecule has 1 aromatic carbocycles. The topological polar surface area (TPSA) is 71.6 Å². The molecular weight excluding hydrogens is 306 g/mol. The predicted molar refractivity (Wildman–Crippen MR) is 92.3 cm³/mol. The van der Waals surface area contributed by atoms with E-state index in [9.17, 15) is 9.90 Å². The van der Waals surface area contributed by atoms with Crippen LogP contribution in [-0.4, -0.2) is 35.9 Å². The summed E-state index contributed by atoms with van der Waals surface area (Å²) in [5, 5.41) is 10.1. The van der Waals surface area contributed by atoms with E-state index in [1.54, 1.807) is 6.92 Å². The lowest BCUT2D eigenvalue weighted by atomic mass is 9.83. The van der Waals surface area contributed by atoms with Crippen LogP contribution in [0.2, 0.25) is 0 Å². The van der Waals surface area contributed by atoms with Crippen LogP contribution in [0, 0.1) is 11.8 Å². The van der Waals surface area contributed by atoms with Crippen molar-refractivity contribution >= 4 is 16.9 Å². The Hall–Kier alpha value is -2.01. The van der Waals surface area contributed by atoms with Crippen LogP contribution in [0.15, 0.2) is 24.3 Å². The molecule has 0 spiro atoms. The van der Waals surface area contributed by atoms with Gasteiger partial charge in [-0.3, -0.25) is 0 Å². The van der Waals surface area contributed by atoms with Gasteiger partial charge >= 0.3 is 5.97 Å². The number of aliphatic hydroxyl groups is 1. The van der Waals surface area contributed by atoms with Gasteiger partial charge in [-0.1, -0.05) is 12.1 Å². The summed E-state index contributed by atoms with van der Waals surface area (Å²) in [5.41, 5.74) is 1.27. The van der Waals surface area contributed by atoms with Crippen molar-refractivity contribution in [2.45, 2.75) is 32.6 Å². The molecule has 24 heavy (non-hydrogen) atoms. The molecule has 130 valence electrons. The van der Waals surface area contributed by atoms with E-state index in [4.69, 9.17) is 9.47 Å². The van der Waals surface area contributed by atoms with Crippen molar-refractivity contribution in [3.05, 3.63) is 30.0 Å². The summed E-state index contributed by atoms with van der Waals surface area (Å²) in [6.45, 7) is 2.99. The molecule has 1 aliphatic rings. The van der Waals surface area contributed by atoms with Gasteiger partial charge in [0.2, 0.25) is 0 Å². The molecule has 1 heterocycles. The van der Waals surface area contributed by atoms with Gasteiger partial charge in [-0.25, -0.2) is 4.79 Å². The first-order valence-electron chi connectivity index (χ1n) is 8.74. The molecule has 5 heteroatoms. The number of H-pyrrole nitrogens is 1. The highest BCUT2D eigenvalue weighted by Gasteiger charge is 2.24. The number of aromatic nitrogens is 1. The number of para-hydroxylation sites is 1. The van der Waals surface area contributed by atoms with Gasteiger partial charge in [0.05, 0.1) is 13.2 Å². The average molecular weight is 331 g/mol. The minimum atomic E-state index is -0.382. The van der Waals surface area contributed by atoms with Crippen LogP contribution in [0.1, 0.15) is 43.1 Å². The third kappa shape index (κ3) is 3.56. The van der Waals surface area contributed by atoms with Crippen LogP contribution in [0.3, 0.4) is 0 Å². The second kappa shape index (κ2) is 7.71. The number of aromatic amines is 1. The number of nitrogens with one attached hydrogen (secondary N) is 1. The van der Waals surface area contributed by atoms with Crippen LogP contribution < -0.4 is 4.74 Å². The van der Waals surface area contributed by atoms with Gasteiger partial charge in [-0.2, -0.15) is 0 Å². The van der Waals surface area contributed by atoms with Crippen molar-refractivity contribution in [2.75, 3.05) is 19.8 Å². The molecule has 1 saturated carbocycles. The number of aliphatic hydroxyl groups excluding tert-OH is 1. The first kappa shape index (κ1) is 16.8. The maximum Gasteiger partial charge on any atom is 0.358 e. The molecule has 0 unspecified atom stereocenters. The summed E-state index contributed by atoms with van der Waals surface area (Å²) < 4.78 is 11.2. The van der Waals surface area contributed by atoms with Gasteiger partial charge in [0.15, 0.2) is 11.4 Å². The number of fused-ring (bicyclic) bond motifs is 1. The van der Waals surface area contributed by atoms with Gasteiger partial charge in [-0.15, -0.1) is 0 Å². The van der Waals surface area contributed by atoms with Crippen LogP contribution in [-0.2, 0) is 4.74 Å². The van der Waals surface area contributed by atoms with E-state index in [0.29, 0.717) is 36.5 Å². The largest absolute Gasteiger partial charge is 0.490 e. The number of esters is 1. The zero-order chi connectivity index (χ0) is 16.9. The predicted octanol–water partition coefficient (Wildman–Crippen LogP) is 3.52. The number of hydrogen-bond acceptors (Lipinski definition) is 4. The van der Waals surface area contributed by atoms with Crippen molar-refractivity contribution in [3.8, 4) is 5.75 Å². The number of carbonyl (C=O) groups excluding carboxylic acids is 1. The Kier molecular flexibility index (Phi) is 5.41. The fraction of sp³-hybridized carbons (Fsp3) is 0.526. The van der Waals surface area contributed by atoms with Crippen molar-refractivity contribution in [3.63, 3.8) is 0 Å². The Balaban J connectivity index is 1.75. The normalized spacial score (nSPS) is 20.9. The number of rotatable bonds is 6. The molecule has 1 fully saturated rings. The molecule has 0 saturated heterocycles. The van der Waals surface area contributed by atoms with Crippen LogP contribution in [0.25, 0.3) is 10.9 Å². The Morgan fingerprint density at radius 2 is 1.92 bits per heavy atom. The van der Waals surface area contributed by atoms with E-state index in [1.165, 1.54) is 0 Å². The monoisotopic (exact) mass is 331 g/mol. The van der Waals surface area contributed by atoms with Crippen LogP contribution in [0.4, 0.5) is 0 Å². The van der Waals surface area contributed by atoms with E-state index in [0.717, 1.165) is 36.6 Å². The van der Waals surface area contributed by atoms with Crippen molar-refractivity contribution in [1.29, 1.82) is 0 Å². The first-order valence-corrected chi connectivity index (χ1v) is 8.74. The minimum absolute atomic E-state index is 0.281. The molecule has 0 atom stereocenters. The summed E-state index contributed by atoms with van der Waals surface area (Å²) in [5.74, 6) is 1.11. The van der Waals surface area contributed by atoms with Crippen molar-refractivity contribution < 1.29 is 19.4 Å². The van der Waals surface area contributed by atoms with E-state index >= 15 is 0 Å². The fourth-order valence-corrected chi connectivity index (χ4v) is 3.40. The molecule has 0 amide bonds. The van der Waals surface area contributed by atoms with Gasteiger partial charge in [0.25, 0.3) is 0 Å². The van der Waals surface area contributed by atoms with E-state index in [1.807, 2.05) is 24.3 Å². The number of carbonyl (C=O) groups is 1. The lowest BCUT2D eigenvalue weighted by Gasteiger charge is -2.27. The SMILES string of the molecule is CCOC(=O)c1[nH]c2ccccc2c1OCC1CCC(CO)CC1. The van der Waals surface area contributed by atoms with Crippen molar-refractivity contribution in [1.82, 2.24) is 4.98 Å². The molecule has 1 aromatic heterocycles. The highest BCUT2D eigenvalue weighted by Crippen LogP contribution is 2.33. The second-order valence-electron chi connectivity index (χ2n) is 6.48. The van der Waals surface area contributed by atoms with Crippen LogP contribution >= 0.6 is 0 Å². The smallest absolute Gasteiger partial charge is 0.358 e. The number of benzene rings is 1. The standard InChI is InChI=1S/C19H25NO4/c1-2-23-19(22)17-18(15-5-3-4-6-16(15)20-17)24-12-14-9-7-13(11-21)8-10-14/h3-6,13-14,20-21H,2,7-12H2,1H3. The Bertz CT molecular complexity index is 686. The number of ether oxygens (including phenoxy) is 2. The average Bonchev–Trinajstić information content (AvgIpc) is 2.99. The molecule has 0 bridgehead atoms. The van der Waals surface area contributed by atoms with Gasteiger partial charge in [0.1, 0.15) is 0 Å². The third-order valence-corrected chi connectivity index (χ3v) is 4.83. The van der Waals surface area contributed by atoms with Gasteiger partial charge < -0.3 is 19.6 Å². The Morgan fingerprint density at radius 1 is 1.21 bits per heavy atom. The number of hydrogen-bond donors (Lipinski definition) is 2. The highest BCUT2D eigenvalue weighted by molar-refractivity contribution is 6.00. The summed E-state index contributed by atoms with van der Waals surface area (Å²) in [6, 6.07) is 7.74. The highest BCUT2D eigenvalue weighted by atomic mass is 16.5. The van der Waals surface area contributed by atoms with Gasteiger partial charge in [0, 0.05) is 17.5 Å². The zero-order valence-electron chi connectivity index (χ0n) is 14.1. The molecule has 0 radical (unpaired) electrons. The lowest BCUT2D eigenvalue weighted by Crippen LogP contribution is -2.22. The van der Waals surface area contributed by atoms with Gasteiger partial charge in [-0.05, 0) is 56.6 Å². The zero-order valence-corrected chi connectivity index (χ0v) is 14.1. The molecular formula is C19H25NO4. The molecule has 2 N–H and O–H groups in total. The molecule has 1 aliphatic carbocycles. The minimum Gasteiger partial charge on any atom is -0.490 e. The third-order valence-electron chi connectivity index (χ3n) is 4.83. The second-order valence-corrected chi connectivity index (χ2v) is 6.48. The summed E-state index contributed by atoms with van der Waals surface area (Å²) >= 11 is 0. The molecule has 0 aliphatic heterocycles.